The first-order valence-electron chi connectivity index (χ1n) is 8.29. The monoisotopic (exact) mass is 390 g/mol. The van der Waals surface area contributed by atoms with Gasteiger partial charge in [0.1, 0.15) is 5.75 Å². The molecule has 7 heteroatoms. The summed E-state index contributed by atoms with van der Waals surface area (Å²) in [5, 5.41) is 5.11. The van der Waals surface area contributed by atoms with Gasteiger partial charge in [-0.1, -0.05) is 50.2 Å². The average molecular weight is 390 g/mol. The SMILES string of the molecule is CC(C)c1ccc(/C=C/C(=O)NC(=S)Nc2ccccc2OC(F)F)cc1. The number of anilines is 1. The first-order valence-corrected chi connectivity index (χ1v) is 8.70. The lowest BCUT2D eigenvalue weighted by Gasteiger charge is -2.13. The minimum atomic E-state index is -2.96. The first-order chi connectivity index (χ1) is 12.8. The maximum absolute atomic E-state index is 12.4. The molecule has 0 fully saturated rings. The van der Waals surface area contributed by atoms with Crippen molar-refractivity contribution in [3.05, 3.63) is 65.7 Å². The van der Waals surface area contributed by atoms with Crippen LogP contribution < -0.4 is 15.4 Å². The second-order valence-corrected chi connectivity index (χ2v) is 6.38. The van der Waals surface area contributed by atoms with E-state index >= 15 is 0 Å². The zero-order valence-corrected chi connectivity index (χ0v) is 15.7. The van der Waals surface area contributed by atoms with Crippen LogP contribution in [0.2, 0.25) is 0 Å². The molecule has 4 nitrogen and oxygen atoms in total. The molecule has 2 aromatic rings. The number of carbonyl (C=O) groups is 1. The van der Waals surface area contributed by atoms with Crippen molar-refractivity contribution in [2.75, 3.05) is 5.32 Å². The Morgan fingerprint density at radius 3 is 2.41 bits per heavy atom. The summed E-state index contributed by atoms with van der Waals surface area (Å²) in [5.74, 6) is -0.0655. The van der Waals surface area contributed by atoms with Gasteiger partial charge in [0.25, 0.3) is 0 Å². The summed E-state index contributed by atoms with van der Waals surface area (Å²) in [7, 11) is 0. The van der Waals surface area contributed by atoms with E-state index in [4.69, 9.17) is 12.2 Å². The van der Waals surface area contributed by atoms with Crippen LogP contribution in [-0.2, 0) is 4.79 Å². The van der Waals surface area contributed by atoms with Crippen molar-refractivity contribution in [2.24, 2.45) is 0 Å². The molecule has 2 aromatic carbocycles. The Labute approximate surface area is 162 Å². The topological polar surface area (TPSA) is 50.4 Å². The molecule has 0 spiro atoms. The number of rotatable bonds is 6. The highest BCUT2D eigenvalue weighted by Gasteiger charge is 2.10. The van der Waals surface area contributed by atoms with Gasteiger partial charge in [0, 0.05) is 6.08 Å². The van der Waals surface area contributed by atoms with Crippen LogP contribution in [0.3, 0.4) is 0 Å². The van der Waals surface area contributed by atoms with Crippen molar-refractivity contribution >= 4 is 35.0 Å². The number of ether oxygens (including phenoxy) is 1. The van der Waals surface area contributed by atoms with Gasteiger partial charge in [0.05, 0.1) is 5.69 Å². The van der Waals surface area contributed by atoms with Gasteiger partial charge in [0.15, 0.2) is 5.11 Å². The number of halogens is 2. The van der Waals surface area contributed by atoms with Crippen LogP contribution in [0, 0.1) is 0 Å². The number of hydrogen-bond donors (Lipinski definition) is 2. The molecular weight excluding hydrogens is 370 g/mol. The second-order valence-electron chi connectivity index (χ2n) is 5.97. The normalized spacial score (nSPS) is 11.0. The molecule has 0 bridgehead atoms. The summed E-state index contributed by atoms with van der Waals surface area (Å²) in [4.78, 5) is 12.0. The van der Waals surface area contributed by atoms with E-state index in [-0.39, 0.29) is 16.5 Å². The summed E-state index contributed by atoms with van der Waals surface area (Å²) in [5.41, 5.74) is 2.33. The summed E-state index contributed by atoms with van der Waals surface area (Å²) < 4.78 is 29.2. The van der Waals surface area contributed by atoms with Gasteiger partial charge in [-0.2, -0.15) is 8.78 Å². The minimum Gasteiger partial charge on any atom is -0.433 e. The van der Waals surface area contributed by atoms with Gasteiger partial charge in [-0.25, -0.2) is 0 Å². The second kappa shape index (κ2) is 9.78. The Morgan fingerprint density at radius 2 is 1.78 bits per heavy atom. The van der Waals surface area contributed by atoms with Crippen molar-refractivity contribution in [1.29, 1.82) is 0 Å². The third-order valence-electron chi connectivity index (χ3n) is 3.62. The fourth-order valence-corrected chi connectivity index (χ4v) is 2.45. The van der Waals surface area contributed by atoms with E-state index in [0.717, 1.165) is 5.56 Å². The molecule has 0 aliphatic rings. The molecule has 0 aromatic heterocycles. The number of para-hydroxylation sites is 2. The van der Waals surface area contributed by atoms with Crippen LogP contribution >= 0.6 is 12.2 Å². The number of hydrogen-bond acceptors (Lipinski definition) is 3. The van der Waals surface area contributed by atoms with Crippen LogP contribution in [0.4, 0.5) is 14.5 Å². The lowest BCUT2D eigenvalue weighted by atomic mass is 10.0. The van der Waals surface area contributed by atoms with Gasteiger partial charge in [0.2, 0.25) is 5.91 Å². The molecule has 0 aliphatic carbocycles. The molecule has 0 saturated carbocycles. The molecule has 0 unspecified atom stereocenters. The van der Waals surface area contributed by atoms with Crippen LogP contribution in [0.1, 0.15) is 30.9 Å². The van der Waals surface area contributed by atoms with Crippen molar-refractivity contribution in [3.63, 3.8) is 0 Å². The summed E-state index contributed by atoms with van der Waals surface area (Å²) in [6, 6.07) is 13.9. The fourth-order valence-electron chi connectivity index (χ4n) is 2.24. The Morgan fingerprint density at radius 1 is 1.11 bits per heavy atom. The molecule has 2 rings (SSSR count). The lowest BCUT2D eigenvalue weighted by molar-refractivity contribution is -0.115. The van der Waals surface area contributed by atoms with Gasteiger partial charge >= 0.3 is 6.61 Å². The number of thiocarbonyl (C=S) groups is 1. The van der Waals surface area contributed by atoms with Crippen molar-refractivity contribution in [2.45, 2.75) is 26.4 Å². The zero-order valence-electron chi connectivity index (χ0n) is 14.9. The Bertz CT molecular complexity index is 821. The molecular formula is C20H20F2N2O2S. The molecule has 0 aliphatic heterocycles. The van der Waals surface area contributed by atoms with Crippen LogP contribution in [-0.4, -0.2) is 17.6 Å². The predicted molar refractivity (Wildman–Crippen MR) is 107 cm³/mol. The molecule has 0 atom stereocenters. The first kappa shape index (κ1) is 20.5. The Kier molecular flexibility index (Phi) is 7.43. The molecule has 142 valence electrons. The lowest BCUT2D eigenvalue weighted by Crippen LogP contribution is -2.33. The predicted octanol–water partition coefficient (Wildman–Crippen LogP) is 4.94. The van der Waals surface area contributed by atoms with Gasteiger partial charge < -0.3 is 10.1 Å². The van der Waals surface area contributed by atoms with Crippen LogP contribution in [0.25, 0.3) is 6.08 Å². The molecule has 0 saturated heterocycles. The highest BCUT2D eigenvalue weighted by molar-refractivity contribution is 7.80. The fraction of sp³-hybridized carbons (Fsp3) is 0.200. The largest absolute Gasteiger partial charge is 0.433 e. The van der Waals surface area contributed by atoms with Gasteiger partial charge in [-0.3, -0.25) is 10.1 Å². The van der Waals surface area contributed by atoms with E-state index in [2.05, 4.69) is 29.2 Å². The van der Waals surface area contributed by atoms with Crippen molar-refractivity contribution < 1.29 is 18.3 Å². The highest BCUT2D eigenvalue weighted by Crippen LogP contribution is 2.25. The smallest absolute Gasteiger partial charge is 0.387 e. The minimum absolute atomic E-state index is 0.0230. The third kappa shape index (κ3) is 6.79. The van der Waals surface area contributed by atoms with Crippen molar-refractivity contribution in [3.8, 4) is 5.75 Å². The van der Waals surface area contributed by atoms with Gasteiger partial charge in [-0.05, 0) is 47.5 Å². The van der Waals surface area contributed by atoms with Crippen molar-refractivity contribution in [1.82, 2.24) is 5.32 Å². The summed E-state index contributed by atoms with van der Waals surface area (Å²) in [6.07, 6.45) is 3.01. The quantitative estimate of drug-likeness (QED) is 0.542. The van der Waals surface area contributed by atoms with E-state index in [9.17, 15) is 13.6 Å². The molecule has 0 heterocycles. The highest BCUT2D eigenvalue weighted by atomic mass is 32.1. The summed E-state index contributed by atoms with van der Waals surface area (Å²) >= 11 is 5.04. The van der Waals surface area contributed by atoms with Gasteiger partial charge in [-0.15, -0.1) is 0 Å². The number of amides is 1. The maximum atomic E-state index is 12.4. The molecule has 27 heavy (non-hydrogen) atoms. The Hall–Kier alpha value is -2.80. The molecule has 1 amide bonds. The van der Waals surface area contributed by atoms with E-state index < -0.39 is 12.5 Å². The number of nitrogens with one attached hydrogen (secondary N) is 2. The average Bonchev–Trinajstić information content (AvgIpc) is 2.61. The third-order valence-corrected chi connectivity index (χ3v) is 3.82. The molecule has 2 N–H and O–H groups in total. The van der Waals surface area contributed by atoms with Crippen LogP contribution in [0.15, 0.2) is 54.6 Å². The number of alkyl halides is 2. The zero-order chi connectivity index (χ0) is 19.8. The van der Waals surface area contributed by atoms with Crippen LogP contribution in [0.5, 0.6) is 5.75 Å². The Balaban J connectivity index is 1.93. The number of carbonyl (C=O) groups excluding carboxylic acids is 1. The van der Waals surface area contributed by atoms with E-state index in [1.807, 2.05) is 24.3 Å². The van der Waals surface area contributed by atoms with E-state index in [1.165, 1.54) is 23.8 Å². The maximum Gasteiger partial charge on any atom is 0.387 e. The standard InChI is InChI=1S/C20H20F2N2O2S/c1-13(2)15-10-7-14(8-11-15)9-12-18(25)24-20(27)23-16-5-3-4-6-17(16)26-19(21)22/h3-13,19H,1-2H3,(H2,23,24,25,27)/b12-9+. The number of benzene rings is 2. The van der Waals surface area contributed by atoms with E-state index in [0.29, 0.717) is 5.92 Å². The molecule has 0 radical (unpaired) electrons. The van der Waals surface area contributed by atoms with E-state index in [1.54, 1.807) is 18.2 Å². The summed E-state index contributed by atoms with van der Waals surface area (Å²) in [6.45, 7) is 1.26.